The SMILES string of the molecule is N#Cc1cccc(-c2nc(N)c3nn(Cc4ccccc4)nc3c2-c2ccc3nccnc3c2)c1F. The number of nitrogen functional groups attached to an aromatic ring is 1. The number of nitriles is 1. The van der Waals surface area contributed by atoms with Crippen molar-refractivity contribution in [2.75, 3.05) is 5.73 Å². The molecule has 6 rings (SSSR count). The lowest BCUT2D eigenvalue weighted by Crippen LogP contribution is -2.03. The van der Waals surface area contributed by atoms with Gasteiger partial charge in [0, 0.05) is 23.5 Å². The molecule has 0 saturated heterocycles. The van der Waals surface area contributed by atoms with Crippen molar-refractivity contribution in [3.8, 4) is 28.5 Å². The molecule has 0 fully saturated rings. The lowest BCUT2D eigenvalue weighted by Gasteiger charge is -2.12. The van der Waals surface area contributed by atoms with E-state index in [0.29, 0.717) is 39.7 Å². The summed E-state index contributed by atoms with van der Waals surface area (Å²) in [6.45, 7) is 0.422. The van der Waals surface area contributed by atoms with Gasteiger partial charge in [0.1, 0.15) is 17.4 Å². The molecule has 2 N–H and O–H groups in total. The number of benzene rings is 3. The average molecular weight is 472 g/mol. The second-order valence-corrected chi connectivity index (χ2v) is 8.17. The molecule has 8 nitrogen and oxygen atoms in total. The van der Waals surface area contributed by atoms with Crippen LogP contribution in [0, 0.1) is 17.1 Å². The smallest absolute Gasteiger partial charge is 0.155 e. The fourth-order valence-electron chi connectivity index (χ4n) is 4.24. The highest BCUT2D eigenvalue weighted by atomic mass is 19.1. The number of aromatic nitrogens is 6. The maximum absolute atomic E-state index is 15.4. The molecule has 0 bridgehead atoms. The summed E-state index contributed by atoms with van der Waals surface area (Å²) in [5.41, 5.74) is 11.2. The van der Waals surface area contributed by atoms with Crippen LogP contribution in [0.15, 0.2) is 79.1 Å². The van der Waals surface area contributed by atoms with Crippen LogP contribution >= 0.6 is 0 Å². The number of halogens is 1. The Kier molecular flexibility index (Phi) is 5.05. The summed E-state index contributed by atoms with van der Waals surface area (Å²) in [5, 5.41) is 18.7. The van der Waals surface area contributed by atoms with E-state index < -0.39 is 5.82 Å². The summed E-state index contributed by atoms with van der Waals surface area (Å²) in [5.74, 6) is -0.560. The highest BCUT2D eigenvalue weighted by molar-refractivity contribution is 6.04. The van der Waals surface area contributed by atoms with E-state index in [1.165, 1.54) is 6.07 Å². The molecule has 0 aliphatic rings. The molecule has 0 saturated carbocycles. The molecule has 6 aromatic rings. The van der Waals surface area contributed by atoms with Gasteiger partial charge in [-0.1, -0.05) is 42.5 Å². The number of hydrogen-bond donors (Lipinski definition) is 1. The van der Waals surface area contributed by atoms with Crippen LogP contribution in [0.1, 0.15) is 11.1 Å². The number of rotatable bonds is 4. The molecule has 9 heteroatoms. The molecule has 0 radical (unpaired) electrons. The Labute approximate surface area is 204 Å². The second kappa shape index (κ2) is 8.52. The average Bonchev–Trinajstić information content (AvgIpc) is 3.33. The number of hydrogen-bond acceptors (Lipinski definition) is 7. The van der Waals surface area contributed by atoms with E-state index >= 15 is 4.39 Å². The molecule has 172 valence electrons. The second-order valence-electron chi connectivity index (χ2n) is 8.17. The van der Waals surface area contributed by atoms with E-state index in [0.717, 1.165) is 5.56 Å². The number of fused-ring (bicyclic) bond motifs is 2. The topological polar surface area (TPSA) is 119 Å². The molecule has 36 heavy (non-hydrogen) atoms. The van der Waals surface area contributed by atoms with Gasteiger partial charge in [0.2, 0.25) is 0 Å². The molecule has 0 spiro atoms. The number of anilines is 1. The minimum atomic E-state index is -0.676. The van der Waals surface area contributed by atoms with E-state index in [1.54, 1.807) is 29.3 Å². The Morgan fingerprint density at radius 1 is 0.889 bits per heavy atom. The van der Waals surface area contributed by atoms with Crippen LogP contribution in [0.5, 0.6) is 0 Å². The zero-order valence-electron chi connectivity index (χ0n) is 18.8. The van der Waals surface area contributed by atoms with Crippen molar-refractivity contribution < 1.29 is 4.39 Å². The zero-order valence-corrected chi connectivity index (χ0v) is 18.8. The molecule has 0 atom stereocenters. The third-order valence-corrected chi connectivity index (χ3v) is 5.90. The minimum Gasteiger partial charge on any atom is -0.382 e. The summed E-state index contributed by atoms with van der Waals surface area (Å²) in [6, 6.07) is 21.8. The van der Waals surface area contributed by atoms with Crippen molar-refractivity contribution >= 4 is 27.9 Å². The normalized spacial score (nSPS) is 11.1. The third-order valence-electron chi connectivity index (χ3n) is 5.90. The predicted molar refractivity (Wildman–Crippen MR) is 134 cm³/mol. The van der Waals surface area contributed by atoms with Gasteiger partial charge in [-0.15, -0.1) is 5.10 Å². The highest BCUT2D eigenvalue weighted by Gasteiger charge is 2.23. The minimum absolute atomic E-state index is 0.0870. The van der Waals surface area contributed by atoms with Gasteiger partial charge in [0.15, 0.2) is 11.3 Å². The van der Waals surface area contributed by atoms with Crippen LogP contribution < -0.4 is 5.73 Å². The van der Waals surface area contributed by atoms with Crippen molar-refractivity contribution in [1.29, 1.82) is 5.26 Å². The van der Waals surface area contributed by atoms with E-state index in [4.69, 9.17) is 10.8 Å². The molecule has 0 amide bonds. The first kappa shape index (κ1) is 21.3. The standard InChI is InChI=1S/C27H17FN8/c28-23-18(14-29)7-4-8-19(23)24-22(17-9-10-20-21(13-17)32-12-11-31-20)25-26(27(30)33-24)35-36(34-25)15-16-5-2-1-3-6-16/h1-13H,15H2,(H2,30,33). The summed E-state index contributed by atoms with van der Waals surface area (Å²) in [6.07, 6.45) is 3.23. The zero-order chi connectivity index (χ0) is 24.6. The van der Waals surface area contributed by atoms with Gasteiger partial charge < -0.3 is 5.73 Å². The molecular formula is C27H17FN8. The summed E-state index contributed by atoms with van der Waals surface area (Å²) in [7, 11) is 0. The van der Waals surface area contributed by atoms with Crippen molar-refractivity contribution in [3.63, 3.8) is 0 Å². The monoisotopic (exact) mass is 472 g/mol. The van der Waals surface area contributed by atoms with Crippen LogP contribution in [-0.2, 0) is 6.54 Å². The van der Waals surface area contributed by atoms with Crippen molar-refractivity contribution in [2.24, 2.45) is 0 Å². The van der Waals surface area contributed by atoms with Crippen LogP contribution in [0.2, 0.25) is 0 Å². The molecule has 3 heterocycles. The van der Waals surface area contributed by atoms with Gasteiger partial charge in [-0.05, 0) is 35.4 Å². The van der Waals surface area contributed by atoms with Gasteiger partial charge in [0.05, 0.1) is 28.8 Å². The first-order valence-electron chi connectivity index (χ1n) is 11.1. The largest absolute Gasteiger partial charge is 0.382 e. The fourth-order valence-corrected chi connectivity index (χ4v) is 4.24. The summed E-state index contributed by atoms with van der Waals surface area (Å²) < 4.78 is 15.4. The van der Waals surface area contributed by atoms with Gasteiger partial charge in [-0.3, -0.25) is 9.97 Å². The van der Waals surface area contributed by atoms with Gasteiger partial charge >= 0.3 is 0 Å². The van der Waals surface area contributed by atoms with Crippen LogP contribution in [0.4, 0.5) is 10.2 Å². The van der Waals surface area contributed by atoms with Crippen molar-refractivity contribution in [3.05, 3.63) is 96.1 Å². The molecule has 3 aromatic carbocycles. The first-order chi connectivity index (χ1) is 17.6. The van der Waals surface area contributed by atoms with Crippen LogP contribution in [-0.4, -0.2) is 29.9 Å². The van der Waals surface area contributed by atoms with Gasteiger partial charge in [0.25, 0.3) is 0 Å². The molecule has 3 aromatic heterocycles. The van der Waals surface area contributed by atoms with E-state index in [-0.39, 0.29) is 22.6 Å². The Balaban J connectivity index is 1.65. The molecular weight excluding hydrogens is 455 g/mol. The Bertz CT molecular complexity index is 1800. The maximum atomic E-state index is 15.4. The molecule has 0 aliphatic carbocycles. The Hall–Kier alpha value is -5.23. The van der Waals surface area contributed by atoms with Crippen LogP contribution in [0.3, 0.4) is 0 Å². The highest BCUT2D eigenvalue weighted by Crippen LogP contribution is 2.39. The third kappa shape index (κ3) is 3.58. The summed E-state index contributed by atoms with van der Waals surface area (Å²) >= 11 is 0. The predicted octanol–water partition coefficient (Wildman–Crippen LogP) is 4.74. The number of nitrogens with two attached hydrogens (primary N) is 1. The Morgan fingerprint density at radius 3 is 2.47 bits per heavy atom. The Morgan fingerprint density at radius 2 is 1.67 bits per heavy atom. The van der Waals surface area contributed by atoms with Crippen molar-refractivity contribution in [2.45, 2.75) is 6.54 Å². The first-order valence-corrected chi connectivity index (χ1v) is 11.1. The van der Waals surface area contributed by atoms with Gasteiger partial charge in [-0.2, -0.15) is 15.2 Å². The summed E-state index contributed by atoms with van der Waals surface area (Å²) in [4.78, 5) is 14.9. The molecule has 0 aliphatic heterocycles. The van der Waals surface area contributed by atoms with Crippen molar-refractivity contribution in [1.82, 2.24) is 29.9 Å². The maximum Gasteiger partial charge on any atom is 0.155 e. The van der Waals surface area contributed by atoms with E-state index in [9.17, 15) is 5.26 Å². The number of pyridine rings is 1. The van der Waals surface area contributed by atoms with E-state index in [1.807, 2.05) is 54.6 Å². The van der Waals surface area contributed by atoms with Gasteiger partial charge in [-0.25, -0.2) is 9.37 Å². The number of nitrogens with zero attached hydrogens (tertiary/aromatic N) is 7. The fraction of sp³-hybridized carbons (Fsp3) is 0.0370. The lowest BCUT2D eigenvalue weighted by molar-refractivity contribution is 0.600. The lowest BCUT2D eigenvalue weighted by atomic mass is 9.96. The molecule has 0 unspecified atom stereocenters. The van der Waals surface area contributed by atoms with Crippen LogP contribution in [0.25, 0.3) is 44.5 Å². The van der Waals surface area contributed by atoms with E-state index in [2.05, 4.69) is 20.1 Å². The quantitative estimate of drug-likeness (QED) is 0.393.